The highest BCUT2D eigenvalue weighted by molar-refractivity contribution is 6.10. The minimum absolute atomic E-state index is 0.851. The second kappa shape index (κ2) is 6.58. The third-order valence-corrected chi connectivity index (χ3v) is 4.84. The molecule has 0 aliphatic carbocycles. The van der Waals surface area contributed by atoms with E-state index >= 15 is 0 Å². The van der Waals surface area contributed by atoms with Gasteiger partial charge in [-0.25, -0.2) is 4.98 Å². The number of nitrogens with zero attached hydrogens (tertiary/aromatic N) is 1. The molecule has 27 heavy (non-hydrogen) atoms. The molecule has 0 bridgehead atoms. The number of anilines is 2. The third kappa shape index (κ3) is 2.91. The highest BCUT2D eigenvalue weighted by Crippen LogP contribution is 2.34. The number of fused-ring (bicyclic) bond motifs is 3. The summed E-state index contributed by atoms with van der Waals surface area (Å²) in [6, 6.07) is 35.6. The van der Waals surface area contributed by atoms with E-state index in [1.54, 1.807) is 0 Å². The zero-order valence-corrected chi connectivity index (χ0v) is 14.8. The first-order valence-electron chi connectivity index (χ1n) is 9.08. The Morgan fingerprint density at radius 1 is 0.593 bits per heavy atom. The van der Waals surface area contributed by atoms with Gasteiger partial charge < -0.3 is 5.32 Å². The maximum absolute atomic E-state index is 4.97. The molecule has 0 unspecified atom stereocenters. The molecule has 5 aromatic rings. The van der Waals surface area contributed by atoms with Crippen molar-refractivity contribution in [1.29, 1.82) is 0 Å². The number of rotatable bonds is 3. The quantitative estimate of drug-likeness (QED) is 0.363. The van der Waals surface area contributed by atoms with Crippen molar-refractivity contribution in [2.24, 2.45) is 0 Å². The molecule has 0 saturated carbocycles. The summed E-state index contributed by atoms with van der Waals surface area (Å²) in [5.41, 5.74) is 4.43. The zero-order chi connectivity index (χ0) is 18.1. The van der Waals surface area contributed by atoms with Crippen LogP contribution in [0.5, 0.6) is 0 Å². The smallest absolute Gasteiger partial charge is 0.131 e. The predicted octanol–water partition coefficient (Wildman–Crippen LogP) is 6.80. The summed E-state index contributed by atoms with van der Waals surface area (Å²) < 4.78 is 0. The maximum Gasteiger partial charge on any atom is 0.131 e. The third-order valence-electron chi connectivity index (χ3n) is 4.84. The van der Waals surface area contributed by atoms with Crippen LogP contribution in [-0.4, -0.2) is 4.98 Å². The molecule has 0 saturated heterocycles. The minimum Gasteiger partial charge on any atom is -0.340 e. The van der Waals surface area contributed by atoms with Gasteiger partial charge in [-0.15, -0.1) is 0 Å². The first-order chi connectivity index (χ1) is 13.4. The van der Waals surface area contributed by atoms with Gasteiger partial charge in [0.25, 0.3) is 0 Å². The summed E-state index contributed by atoms with van der Waals surface area (Å²) in [5, 5.41) is 7.00. The topological polar surface area (TPSA) is 24.9 Å². The van der Waals surface area contributed by atoms with Crippen molar-refractivity contribution in [1.82, 2.24) is 4.98 Å². The highest BCUT2D eigenvalue weighted by atomic mass is 15.0. The van der Waals surface area contributed by atoms with Gasteiger partial charge >= 0.3 is 0 Å². The van der Waals surface area contributed by atoms with Crippen molar-refractivity contribution in [2.45, 2.75) is 0 Å². The molecule has 128 valence electrons. The lowest BCUT2D eigenvalue weighted by Gasteiger charge is -2.13. The number of pyridine rings is 1. The number of aromatic nitrogens is 1. The van der Waals surface area contributed by atoms with Crippen molar-refractivity contribution >= 4 is 33.2 Å². The van der Waals surface area contributed by atoms with E-state index in [4.69, 9.17) is 4.98 Å². The Morgan fingerprint density at radius 3 is 2.11 bits per heavy atom. The van der Waals surface area contributed by atoms with Crippen LogP contribution in [0.15, 0.2) is 103 Å². The van der Waals surface area contributed by atoms with Gasteiger partial charge in [-0.1, -0.05) is 84.9 Å². The lowest BCUT2D eigenvalue weighted by Crippen LogP contribution is -1.96. The molecular formula is C25H18N2. The lowest BCUT2D eigenvalue weighted by molar-refractivity contribution is 1.38. The van der Waals surface area contributed by atoms with Crippen LogP contribution in [0.25, 0.3) is 32.8 Å². The van der Waals surface area contributed by atoms with Gasteiger partial charge in [-0.2, -0.15) is 0 Å². The van der Waals surface area contributed by atoms with Crippen molar-refractivity contribution in [3.05, 3.63) is 103 Å². The highest BCUT2D eigenvalue weighted by Gasteiger charge is 2.11. The van der Waals surface area contributed by atoms with E-state index in [0.717, 1.165) is 17.0 Å². The maximum atomic E-state index is 4.97. The van der Waals surface area contributed by atoms with Gasteiger partial charge in [-0.05, 0) is 34.7 Å². The molecular weight excluding hydrogens is 328 g/mol. The lowest BCUT2D eigenvalue weighted by atomic mass is 9.98. The summed E-state index contributed by atoms with van der Waals surface area (Å²) in [5.74, 6) is 0.851. The molecule has 0 spiro atoms. The van der Waals surface area contributed by atoms with Crippen LogP contribution >= 0.6 is 0 Å². The normalized spacial score (nSPS) is 11.0. The van der Waals surface area contributed by atoms with Crippen LogP contribution in [0.4, 0.5) is 11.5 Å². The summed E-state index contributed by atoms with van der Waals surface area (Å²) in [6.45, 7) is 0. The molecule has 5 rings (SSSR count). The van der Waals surface area contributed by atoms with Crippen LogP contribution in [0.1, 0.15) is 0 Å². The zero-order valence-electron chi connectivity index (χ0n) is 14.8. The summed E-state index contributed by atoms with van der Waals surface area (Å²) in [6.07, 6.45) is 0. The second-order valence-electron chi connectivity index (χ2n) is 6.59. The number of hydrogen-bond acceptors (Lipinski definition) is 2. The Bertz CT molecular complexity index is 1230. The second-order valence-corrected chi connectivity index (χ2v) is 6.59. The van der Waals surface area contributed by atoms with Crippen LogP contribution in [-0.2, 0) is 0 Å². The summed E-state index contributed by atoms with van der Waals surface area (Å²) in [7, 11) is 0. The molecule has 0 aliphatic heterocycles. The van der Waals surface area contributed by atoms with E-state index in [1.165, 1.54) is 27.3 Å². The first kappa shape index (κ1) is 15.6. The average molecular weight is 346 g/mol. The first-order valence-corrected chi connectivity index (χ1v) is 9.08. The molecule has 1 aromatic heterocycles. The summed E-state index contributed by atoms with van der Waals surface area (Å²) in [4.78, 5) is 4.97. The Balaban J connectivity index is 1.79. The van der Waals surface area contributed by atoms with E-state index in [1.807, 2.05) is 24.3 Å². The molecule has 4 aromatic carbocycles. The molecule has 0 fully saturated rings. The van der Waals surface area contributed by atoms with Gasteiger partial charge in [0, 0.05) is 16.5 Å². The van der Waals surface area contributed by atoms with Gasteiger partial charge in [-0.3, -0.25) is 0 Å². The molecule has 0 amide bonds. The van der Waals surface area contributed by atoms with Gasteiger partial charge in [0.1, 0.15) is 5.82 Å². The van der Waals surface area contributed by atoms with Crippen molar-refractivity contribution in [2.75, 3.05) is 5.32 Å². The number of para-hydroxylation sites is 1. The molecule has 2 heteroatoms. The molecule has 1 N–H and O–H groups in total. The number of nitrogens with one attached hydrogen (secondary N) is 1. The predicted molar refractivity (Wildman–Crippen MR) is 114 cm³/mol. The molecule has 0 atom stereocenters. The van der Waals surface area contributed by atoms with E-state index < -0.39 is 0 Å². The SMILES string of the molecule is c1ccc(Nc2cc(-c3ccccc3)c3ccc4ccccc4c3n2)cc1. The number of hydrogen-bond donors (Lipinski definition) is 1. The van der Waals surface area contributed by atoms with Gasteiger partial charge in [0.05, 0.1) is 5.52 Å². The largest absolute Gasteiger partial charge is 0.340 e. The van der Waals surface area contributed by atoms with E-state index in [9.17, 15) is 0 Å². The fraction of sp³-hybridized carbons (Fsp3) is 0. The minimum atomic E-state index is 0.851. The molecule has 1 heterocycles. The standard InChI is InChI=1S/C25H18N2/c1-3-9-18(10-4-1)23-17-24(26-20-12-5-2-6-13-20)27-25-21-14-8-7-11-19(21)15-16-22(23)25/h1-17H,(H,26,27). The Kier molecular flexibility index (Phi) is 3.80. The van der Waals surface area contributed by atoms with E-state index in [2.05, 4.69) is 84.2 Å². The van der Waals surface area contributed by atoms with E-state index in [0.29, 0.717) is 0 Å². The molecule has 0 aliphatic rings. The van der Waals surface area contributed by atoms with Gasteiger partial charge in [0.2, 0.25) is 0 Å². The Labute approximate surface area is 158 Å². The van der Waals surface area contributed by atoms with Crippen LogP contribution in [0.3, 0.4) is 0 Å². The van der Waals surface area contributed by atoms with E-state index in [-0.39, 0.29) is 0 Å². The molecule has 2 nitrogen and oxygen atoms in total. The van der Waals surface area contributed by atoms with Crippen molar-refractivity contribution in [3.63, 3.8) is 0 Å². The monoisotopic (exact) mass is 346 g/mol. The van der Waals surface area contributed by atoms with Crippen molar-refractivity contribution < 1.29 is 0 Å². The van der Waals surface area contributed by atoms with Crippen LogP contribution in [0, 0.1) is 0 Å². The Hall–Kier alpha value is -3.65. The van der Waals surface area contributed by atoms with Crippen LogP contribution in [0.2, 0.25) is 0 Å². The van der Waals surface area contributed by atoms with Crippen LogP contribution < -0.4 is 5.32 Å². The Morgan fingerprint density at radius 2 is 1.30 bits per heavy atom. The van der Waals surface area contributed by atoms with Gasteiger partial charge in [0.15, 0.2) is 0 Å². The fourth-order valence-corrected chi connectivity index (χ4v) is 3.55. The average Bonchev–Trinajstić information content (AvgIpc) is 2.74. The molecule has 0 radical (unpaired) electrons. The number of benzene rings is 4. The summed E-state index contributed by atoms with van der Waals surface area (Å²) >= 11 is 0. The van der Waals surface area contributed by atoms with Crippen molar-refractivity contribution in [3.8, 4) is 11.1 Å². The fourth-order valence-electron chi connectivity index (χ4n) is 3.55.